The van der Waals surface area contributed by atoms with Crippen molar-refractivity contribution >= 4 is 39.8 Å². The van der Waals surface area contributed by atoms with Crippen LogP contribution in [0.15, 0.2) is 5.38 Å². The van der Waals surface area contributed by atoms with Gasteiger partial charge in [-0.15, -0.1) is 0 Å². The van der Waals surface area contributed by atoms with Crippen molar-refractivity contribution in [2.24, 2.45) is 5.92 Å². The van der Waals surface area contributed by atoms with Crippen LogP contribution in [0.1, 0.15) is 33.1 Å². The Kier molecular flexibility index (Phi) is 6.10. The Morgan fingerprint density at radius 3 is 2.57 bits per heavy atom. The monoisotopic (exact) mass is 313 g/mol. The molecule has 0 aliphatic heterocycles. The van der Waals surface area contributed by atoms with Crippen LogP contribution >= 0.6 is 11.3 Å². The molecular formula is C12H15N3O5S. The number of carbonyl (C=O) groups excluding carboxylic acids is 3. The maximum atomic E-state index is 11.9. The molecule has 0 aliphatic rings. The fraction of sp³-hybridized carbons (Fsp3) is 0.500. The van der Waals surface area contributed by atoms with Gasteiger partial charge in [0.2, 0.25) is 5.78 Å². The smallest absolute Gasteiger partial charge is 0.358 e. The van der Waals surface area contributed by atoms with Crippen molar-refractivity contribution in [3.8, 4) is 0 Å². The van der Waals surface area contributed by atoms with Crippen molar-refractivity contribution in [1.29, 1.82) is 0 Å². The highest BCUT2D eigenvalue weighted by Crippen LogP contribution is 2.21. The molecule has 9 heteroatoms. The van der Waals surface area contributed by atoms with Gasteiger partial charge in [-0.05, 0) is 22.7 Å². The fourth-order valence-corrected chi connectivity index (χ4v) is 2.36. The van der Waals surface area contributed by atoms with Crippen LogP contribution in [-0.4, -0.2) is 27.4 Å². The molecule has 0 fully saturated rings. The second kappa shape index (κ2) is 7.58. The van der Waals surface area contributed by atoms with E-state index in [1.54, 1.807) is 6.92 Å². The Labute approximate surface area is 124 Å². The van der Waals surface area contributed by atoms with Crippen LogP contribution < -0.4 is 5.32 Å². The number of hydrogen-bond acceptors (Lipinski definition) is 7. The van der Waals surface area contributed by atoms with Gasteiger partial charge in [0.1, 0.15) is 5.78 Å². The lowest BCUT2D eigenvalue weighted by atomic mass is 9.93. The molecule has 1 N–H and O–H groups in total. The van der Waals surface area contributed by atoms with Gasteiger partial charge in [-0.25, -0.2) is 0 Å². The number of ketones is 2. The lowest BCUT2D eigenvalue weighted by molar-refractivity contribution is -0.389. The second-order valence-corrected chi connectivity index (χ2v) is 5.12. The molecule has 114 valence electrons. The third kappa shape index (κ3) is 4.42. The molecule has 0 aromatic carbocycles. The molecule has 21 heavy (non-hydrogen) atoms. The summed E-state index contributed by atoms with van der Waals surface area (Å²) in [5.74, 6) is -3.47. The molecule has 0 saturated heterocycles. The zero-order valence-corrected chi connectivity index (χ0v) is 12.4. The molecule has 1 aromatic heterocycles. The Bertz CT molecular complexity index is 569. The van der Waals surface area contributed by atoms with Crippen molar-refractivity contribution in [3.63, 3.8) is 0 Å². The predicted octanol–water partition coefficient (Wildman–Crippen LogP) is 1.95. The van der Waals surface area contributed by atoms with Gasteiger partial charge < -0.3 is 10.1 Å². The standard InChI is InChI=1S/C12H15N3O5S/c1-3-5-8(16)7(4-2)10(17)11(18)14-12-13-9(6-21-12)15(19)20/h6-7H,3-5H2,1-2H3,(H,13,14,18). The molecule has 1 atom stereocenters. The molecule has 8 nitrogen and oxygen atoms in total. The fourth-order valence-electron chi connectivity index (χ4n) is 1.70. The molecule has 1 amide bonds. The maximum absolute atomic E-state index is 11.9. The van der Waals surface area contributed by atoms with E-state index in [1.807, 2.05) is 6.92 Å². The van der Waals surface area contributed by atoms with E-state index < -0.39 is 28.3 Å². The Morgan fingerprint density at radius 1 is 1.43 bits per heavy atom. The minimum absolute atomic E-state index is 0.0437. The summed E-state index contributed by atoms with van der Waals surface area (Å²) in [6.07, 6.45) is 1.08. The van der Waals surface area contributed by atoms with Gasteiger partial charge in [0, 0.05) is 6.42 Å². The van der Waals surface area contributed by atoms with Crippen molar-refractivity contribution in [3.05, 3.63) is 15.5 Å². The lowest BCUT2D eigenvalue weighted by Crippen LogP contribution is -2.33. The van der Waals surface area contributed by atoms with E-state index in [9.17, 15) is 24.5 Å². The number of amides is 1. The second-order valence-electron chi connectivity index (χ2n) is 4.26. The Morgan fingerprint density at radius 2 is 2.10 bits per heavy atom. The summed E-state index contributed by atoms with van der Waals surface area (Å²) in [4.78, 5) is 48.8. The number of carbonyl (C=O) groups is 3. The lowest BCUT2D eigenvalue weighted by Gasteiger charge is -2.10. The Balaban J connectivity index is 2.74. The van der Waals surface area contributed by atoms with E-state index in [0.717, 1.165) is 16.7 Å². The predicted molar refractivity (Wildman–Crippen MR) is 76.1 cm³/mol. The molecule has 1 heterocycles. The number of rotatable bonds is 8. The summed E-state index contributed by atoms with van der Waals surface area (Å²) in [5.41, 5.74) is 0. The third-order valence-corrected chi connectivity index (χ3v) is 3.48. The molecule has 1 rings (SSSR count). The SMILES string of the molecule is CCCC(=O)C(CC)C(=O)C(=O)Nc1nc([N+](=O)[O-])cs1. The average molecular weight is 313 g/mol. The van der Waals surface area contributed by atoms with Crippen LogP contribution in [0.25, 0.3) is 0 Å². The number of hydrogen-bond donors (Lipinski definition) is 1. The van der Waals surface area contributed by atoms with E-state index >= 15 is 0 Å². The highest BCUT2D eigenvalue weighted by Gasteiger charge is 2.30. The van der Waals surface area contributed by atoms with E-state index in [2.05, 4.69) is 10.3 Å². The minimum Gasteiger partial charge on any atom is -0.358 e. The van der Waals surface area contributed by atoms with Gasteiger partial charge in [0.15, 0.2) is 0 Å². The van der Waals surface area contributed by atoms with Crippen molar-refractivity contribution in [2.45, 2.75) is 33.1 Å². The van der Waals surface area contributed by atoms with E-state index in [0.29, 0.717) is 6.42 Å². The first-order chi connectivity index (χ1) is 9.90. The number of nitrogens with zero attached hydrogens (tertiary/aromatic N) is 2. The average Bonchev–Trinajstić information content (AvgIpc) is 2.88. The van der Waals surface area contributed by atoms with Crippen LogP contribution in [0.5, 0.6) is 0 Å². The summed E-state index contributed by atoms with van der Waals surface area (Å²) >= 11 is 0.840. The first-order valence-corrected chi connectivity index (χ1v) is 7.26. The first kappa shape index (κ1) is 16.9. The zero-order chi connectivity index (χ0) is 16.0. The number of nitrogens with one attached hydrogen (secondary N) is 1. The van der Waals surface area contributed by atoms with Gasteiger partial charge >= 0.3 is 10.9 Å². The van der Waals surface area contributed by atoms with Crippen LogP contribution in [-0.2, 0) is 14.4 Å². The number of thiazole rings is 1. The minimum atomic E-state index is -0.976. The summed E-state index contributed by atoms with van der Waals surface area (Å²) in [6, 6.07) is 0. The number of Topliss-reactive ketones (excluding diaryl/α,β-unsaturated/α-hetero) is 2. The maximum Gasteiger partial charge on any atom is 0.376 e. The van der Waals surface area contributed by atoms with Gasteiger partial charge in [-0.2, -0.15) is 0 Å². The van der Waals surface area contributed by atoms with E-state index in [-0.39, 0.29) is 23.8 Å². The van der Waals surface area contributed by atoms with Gasteiger partial charge in [-0.3, -0.25) is 19.7 Å². The van der Waals surface area contributed by atoms with Crippen LogP contribution in [0.4, 0.5) is 10.9 Å². The molecule has 0 spiro atoms. The van der Waals surface area contributed by atoms with Gasteiger partial charge in [0.05, 0.1) is 11.3 Å². The molecule has 0 saturated carbocycles. The summed E-state index contributed by atoms with van der Waals surface area (Å²) in [6.45, 7) is 3.46. The first-order valence-electron chi connectivity index (χ1n) is 6.38. The molecule has 0 bridgehead atoms. The molecule has 1 unspecified atom stereocenters. The molecule has 1 aromatic rings. The normalized spacial score (nSPS) is 11.7. The van der Waals surface area contributed by atoms with Crippen LogP contribution in [0.2, 0.25) is 0 Å². The summed E-state index contributed by atoms with van der Waals surface area (Å²) in [7, 11) is 0. The quantitative estimate of drug-likeness (QED) is 0.339. The largest absolute Gasteiger partial charge is 0.376 e. The Hall–Kier alpha value is -2.16. The van der Waals surface area contributed by atoms with Crippen LogP contribution in [0, 0.1) is 16.0 Å². The van der Waals surface area contributed by atoms with Crippen molar-refractivity contribution < 1.29 is 19.3 Å². The van der Waals surface area contributed by atoms with Crippen LogP contribution in [0.3, 0.4) is 0 Å². The van der Waals surface area contributed by atoms with E-state index in [1.165, 1.54) is 0 Å². The molecule has 0 aliphatic carbocycles. The van der Waals surface area contributed by atoms with Gasteiger partial charge in [-0.1, -0.05) is 25.2 Å². The van der Waals surface area contributed by atoms with Gasteiger partial charge in [0.25, 0.3) is 5.91 Å². The zero-order valence-electron chi connectivity index (χ0n) is 11.6. The van der Waals surface area contributed by atoms with E-state index in [4.69, 9.17) is 0 Å². The molecule has 0 radical (unpaired) electrons. The highest BCUT2D eigenvalue weighted by atomic mass is 32.1. The summed E-state index contributed by atoms with van der Waals surface area (Å²) in [5, 5.41) is 13.8. The summed E-state index contributed by atoms with van der Waals surface area (Å²) < 4.78 is 0. The number of anilines is 1. The highest BCUT2D eigenvalue weighted by molar-refractivity contribution is 7.14. The van der Waals surface area contributed by atoms with Crippen molar-refractivity contribution in [1.82, 2.24) is 4.98 Å². The number of aromatic nitrogens is 1. The van der Waals surface area contributed by atoms with Crippen molar-refractivity contribution in [2.75, 3.05) is 5.32 Å². The molecular weight excluding hydrogens is 298 g/mol. The third-order valence-electron chi connectivity index (χ3n) is 2.73. The number of nitro groups is 1. The topological polar surface area (TPSA) is 119 Å².